The molecule has 2 aromatic heterocycles. The Morgan fingerprint density at radius 2 is 2.17 bits per heavy atom. The Balaban J connectivity index is 2.12. The summed E-state index contributed by atoms with van der Waals surface area (Å²) in [6.07, 6.45) is 3.40. The summed E-state index contributed by atoms with van der Waals surface area (Å²) < 4.78 is 1.54. The van der Waals surface area contributed by atoms with Crippen LogP contribution >= 0.6 is 0 Å². The molecular formula is C10H16N8. The molecule has 0 saturated heterocycles. The van der Waals surface area contributed by atoms with Gasteiger partial charge in [0.2, 0.25) is 11.9 Å². The molecule has 18 heavy (non-hydrogen) atoms. The third-order valence-electron chi connectivity index (χ3n) is 2.19. The second-order valence-corrected chi connectivity index (χ2v) is 4.00. The summed E-state index contributed by atoms with van der Waals surface area (Å²) in [4.78, 5) is 14.4. The second kappa shape index (κ2) is 5.41. The van der Waals surface area contributed by atoms with Gasteiger partial charge in [0, 0.05) is 25.5 Å². The minimum atomic E-state index is 0.169. The smallest absolute Gasteiger partial charge is 0.257 e. The molecule has 8 heteroatoms. The zero-order valence-electron chi connectivity index (χ0n) is 10.4. The second-order valence-electron chi connectivity index (χ2n) is 4.00. The molecule has 2 aromatic rings. The minimum absolute atomic E-state index is 0.169. The van der Waals surface area contributed by atoms with Crippen molar-refractivity contribution in [3.8, 4) is 5.95 Å². The first-order valence-electron chi connectivity index (χ1n) is 5.55. The Hall–Kier alpha value is -2.22. The normalized spacial score (nSPS) is 10.8. The Morgan fingerprint density at radius 1 is 1.33 bits per heavy atom. The van der Waals surface area contributed by atoms with Crippen molar-refractivity contribution in [3.63, 3.8) is 0 Å². The molecule has 0 aliphatic heterocycles. The number of nitrogen functional groups attached to an aromatic ring is 1. The topological polar surface area (TPSA) is 97.8 Å². The highest BCUT2D eigenvalue weighted by molar-refractivity contribution is 5.34. The van der Waals surface area contributed by atoms with Crippen molar-refractivity contribution in [1.29, 1.82) is 0 Å². The van der Waals surface area contributed by atoms with Gasteiger partial charge in [-0.25, -0.2) is 4.68 Å². The predicted octanol–water partition coefficient (Wildman–Crippen LogP) is -0.387. The first-order chi connectivity index (χ1) is 8.65. The number of nitrogens with one attached hydrogen (secondary N) is 1. The number of aromatic nitrogens is 5. The van der Waals surface area contributed by atoms with Crippen molar-refractivity contribution in [2.45, 2.75) is 0 Å². The molecule has 0 aromatic carbocycles. The Labute approximate surface area is 105 Å². The van der Waals surface area contributed by atoms with Crippen LogP contribution in [-0.4, -0.2) is 56.8 Å². The molecule has 0 aliphatic carbocycles. The highest BCUT2D eigenvalue weighted by atomic mass is 15.4. The van der Waals surface area contributed by atoms with Gasteiger partial charge in [-0.15, -0.1) is 0 Å². The molecule has 0 fully saturated rings. The van der Waals surface area contributed by atoms with Crippen LogP contribution in [0.1, 0.15) is 0 Å². The lowest BCUT2D eigenvalue weighted by Crippen LogP contribution is -2.22. The van der Waals surface area contributed by atoms with Crippen molar-refractivity contribution in [3.05, 3.63) is 18.5 Å². The number of hydrogen-bond acceptors (Lipinski definition) is 7. The molecule has 8 nitrogen and oxygen atoms in total. The molecule has 0 atom stereocenters. The van der Waals surface area contributed by atoms with E-state index in [1.807, 2.05) is 14.1 Å². The highest BCUT2D eigenvalue weighted by Crippen LogP contribution is 2.05. The Kier molecular flexibility index (Phi) is 3.68. The number of nitrogens with two attached hydrogens (primary N) is 1. The van der Waals surface area contributed by atoms with Gasteiger partial charge in [-0.05, 0) is 20.2 Å². The van der Waals surface area contributed by atoms with E-state index in [4.69, 9.17) is 5.73 Å². The fourth-order valence-corrected chi connectivity index (χ4v) is 1.34. The fraction of sp³-hybridized carbons (Fsp3) is 0.400. The maximum Gasteiger partial charge on any atom is 0.257 e. The minimum Gasteiger partial charge on any atom is -0.368 e. The van der Waals surface area contributed by atoms with E-state index < -0.39 is 0 Å². The predicted molar refractivity (Wildman–Crippen MR) is 68.4 cm³/mol. The number of anilines is 2. The van der Waals surface area contributed by atoms with E-state index >= 15 is 0 Å². The number of hydrogen-bond donors (Lipinski definition) is 2. The van der Waals surface area contributed by atoms with Gasteiger partial charge in [0.15, 0.2) is 0 Å². The Morgan fingerprint density at radius 3 is 2.83 bits per heavy atom. The van der Waals surface area contributed by atoms with Crippen LogP contribution in [0.25, 0.3) is 5.95 Å². The van der Waals surface area contributed by atoms with Gasteiger partial charge in [0.25, 0.3) is 5.95 Å². The monoisotopic (exact) mass is 248 g/mol. The quantitative estimate of drug-likeness (QED) is 0.743. The average Bonchev–Trinajstić information content (AvgIpc) is 2.81. The largest absolute Gasteiger partial charge is 0.368 e. The Bertz CT molecular complexity index is 493. The van der Waals surface area contributed by atoms with Crippen LogP contribution in [0.15, 0.2) is 18.5 Å². The average molecular weight is 248 g/mol. The summed E-state index contributed by atoms with van der Waals surface area (Å²) in [5.74, 6) is 1.03. The molecule has 0 radical (unpaired) electrons. The highest BCUT2D eigenvalue weighted by Gasteiger charge is 2.06. The molecule has 0 bridgehead atoms. The van der Waals surface area contributed by atoms with Crippen molar-refractivity contribution in [2.24, 2.45) is 0 Å². The summed E-state index contributed by atoms with van der Waals surface area (Å²) >= 11 is 0. The van der Waals surface area contributed by atoms with Crippen molar-refractivity contribution in [2.75, 3.05) is 38.2 Å². The lowest BCUT2D eigenvalue weighted by molar-refractivity contribution is 0.425. The van der Waals surface area contributed by atoms with Crippen LogP contribution in [0.5, 0.6) is 0 Å². The summed E-state index contributed by atoms with van der Waals surface area (Å²) in [6, 6.07) is 1.79. The standard InChI is InChI=1S/C10H16N8/c1-17(2)7-5-12-9-14-8(11)15-10(16-9)18-6-3-4-13-18/h3-4,6H,5,7H2,1-2H3,(H3,11,12,14,15,16). The zero-order valence-corrected chi connectivity index (χ0v) is 10.4. The lowest BCUT2D eigenvalue weighted by atomic mass is 10.6. The summed E-state index contributed by atoms with van der Waals surface area (Å²) in [5.41, 5.74) is 5.64. The molecule has 96 valence electrons. The zero-order chi connectivity index (χ0) is 13.0. The van der Waals surface area contributed by atoms with E-state index in [2.05, 4.69) is 30.3 Å². The third-order valence-corrected chi connectivity index (χ3v) is 2.19. The summed E-state index contributed by atoms with van der Waals surface area (Å²) in [7, 11) is 4.00. The molecule has 3 N–H and O–H groups in total. The van der Waals surface area contributed by atoms with Crippen molar-refractivity contribution < 1.29 is 0 Å². The van der Waals surface area contributed by atoms with E-state index in [9.17, 15) is 0 Å². The number of nitrogens with zero attached hydrogens (tertiary/aromatic N) is 6. The van der Waals surface area contributed by atoms with Crippen molar-refractivity contribution >= 4 is 11.9 Å². The first-order valence-corrected chi connectivity index (χ1v) is 5.55. The van der Waals surface area contributed by atoms with Crippen LogP contribution in [0.4, 0.5) is 11.9 Å². The fourth-order valence-electron chi connectivity index (χ4n) is 1.34. The van der Waals surface area contributed by atoms with E-state index in [0.717, 1.165) is 13.1 Å². The van der Waals surface area contributed by atoms with Crippen LogP contribution in [0.3, 0.4) is 0 Å². The van der Waals surface area contributed by atoms with E-state index in [-0.39, 0.29) is 5.95 Å². The van der Waals surface area contributed by atoms with Gasteiger partial charge in [-0.2, -0.15) is 20.1 Å². The molecule has 0 aliphatic rings. The molecule has 2 rings (SSSR count). The van der Waals surface area contributed by atoms with Crippen LogP contribution in [-0.2, 0) is 0 Å². The molecule has 0 spiro atoms. The molecular weight excluding hydrogens is 232 g/mol. The number of likely N-dealkylation sites (N-methyl/N-ethyl adjacent to an activating group) is 1. The van der Waals surface area contributed by atoms with Crippen LogP contribution in [0, 0.1) is 0 Å². The molecule has 0 saturated carbocycles. The van der Waals surface area contributed by atoms with E-state index in [1.54, 1.807) is 18.5 Å². The van der Waals surface area contributed by atoms with Gasteiger partial charge in [0.1, 0.15) is 0 Å². The summed E-state index contributed by atoms with van der Waals surface area (Å²) in [5, 5.41) is 7.14. The SMILES string of the molecule is CN(C)CCNc1nc(N)nc(-n2cccn2)n1. The first kappa shape index (κ1) is 12.2. The van der Waals surface area contributed by atoms with Gasteiger partial charge >= 0.3 is 0 Å². The van der Waals surface area contributed by atoms with Crippen molar-refractivity contribution in [1.82, 2.24) is 29.6 Å². The lowest BCUT2D eigenvalue weighted by Gasteiger charge is -2.10. The maximum absolute atomic E-state index is 5.64. The van der Waals surface area contributed by atoms with E-state index in [1.165, 1.54) is 4.68 Å². The van der Waals surface area contributed by atoms with Crippen LogP contribution in [0.2, 0.25) is 0 Å². The summed E-state index contributed by atoms with van der Waals surface area (Å²) in [6.45, 7) is 1.61. The van der Waals surface area contributed by atoms with E-state index in [0.29, 0.717) is 11.9 Å². The number of rotatable bonds is 5. The van der Waals surface area contributed by atoms with Gasteiger partial charge in [-0.1, -0.05) is 0 Å². The molecule has 0 amide bonds. The molecule has 2 heterocycles. The van der Waals surface area contributed by atoms with Gasteiger partial charge in [-0.3, -0.25) is 0 Å². The maximum atomic E-state index is 5.64. The molecule has 0 unspecified atom stereocenters. The van der Waals surface area contributed by atoms with Gasteiger partial charge in [0.05, 0.1) is 0 Å². The third kappa shape index (κ3) is 3.14. The van der Waals surface area contributed by atoms with Crippen LogP contribution < -0.4 is 11.1 Å². The van der Waals surface area contributed by atoms with Gasteiger partial charge < -0.3 is 16.0 Å².